The van der Waals surface area contributed by atoms with E-state index in [0.29, 0.717) is 6.54 Å². The van der Waals surface area contributed by atoms with Crippen molar-refractivity contribution in [2.75, 3.05) is 33.2 Å². The third-order valence-corrected chi connectivity index (χ3v) is 4.25. The topological polar surface area (TPSA) is 47.9 Å². The molecule has 24 heavy (non-hydrogen) atoms. The number of amides is 1. The summed E-state index contributed by atoms with van der Waals surface area (Å²) in [5, 5.41) is 3.97. The lowest BCUT2D eigenvalue weighted by atomic mass is 10.2. The number of hydrogen-bond donors (Lipinski definition) is 1. The van der Waals surface area contributed by atoms with Gasteiger partial charge in [0.15, 0.2) is 5.96 Å². The quantitative estimate of drug-likeness (QED) is 0.414. The minimum Gasteiger partial charge on any atom is -0.357 e. The first-order valence-corrected chi connectivity index (χ1v) is 8.50. The van der Waals surface area contributed by atoms with Crippen LogP contribution < -0.4 is 5.32 Å². The second kappa shape index (κ2) is 10.8. The minimum absolute atomic E-state index is 0. The van der Waals surface area contributed by atoms with Gasteiger partial charge in [0.05, 0.1) is 0 Å². The van der Waals surface area contributed by atoms with Gasteiger partial charge in [0.25, 0.3) is 0 Å². The van der Waals surface area contributed by atoms with Gasteiger partial charge >= 0.3 is 0 Å². The Morgan fingerprint density at radius 3 is 2.62 bits per heavy atom. The Bertz CT molecular complexity index is 561. The number of rotatable bonds is 5. The number of halogens is 2. The summed E-state index contributed by atoms with van der Waals surface area (Å²) >= 11 is 6.22. The van der Waals surface area contributed by atoms with Gasteiger partial charge in [0, 0.05) is 38.2 Å². The number of benzene rings is 1. The molecule has 0 aromatic heterocycles. The molecule has 1 fully saturated rings. The fourth-order valence-electron chi connectivity index (χ4n) is 2.64. The van der Waals surface area contributed by atoms with Gasteiger partial charge in [-0.05, 0) is 31.4 Å². The van der Waals surface area contributed by atoms with Crippen LogP contribution >= 0.6 is 35.6 Å². The van der Waals surface area contributed by atoms with Crippen LogP contribution in [0.25, 0.3) is 0 Å². The molecule has 0 unspecified atom stereocenters. The average molecular weight is 465 g/mol. The van der Waals surface area contributed by atoms with Gasteiger partial charge in [0.1, 0.15) is 6.54 Å². The lowest BCUT2D eigenvalue weighted by Gasteiger charge is -2.23. The zero-order valence-electron chi connectivity index (χ0n) is 14.3. The van der Waals surface area contributed by atoms with E-state index in [9.17, 15) is 4.79 Å². The van der Waals surface area contributed by atoms with E-state index in [4.69, 9.17) is 11.6 Å². The van der Waals surface area contributed by atoms with E-state index in [-0.39, 0.29) is 36.4 Å². The van der Waals surface area contributed by atoms with E-state index in [2.05, 4.69) is 10.3 Å². The van der Waals surface area contributed by atoms with Crippen molar-refractivity contribution in [3.63, 3.8) is 0 Å². The van der Waals surface area contributed by atoms with E-state index in [1.807, 2.05) is 48.0 Å². The Morgan fingerprint density at radius 1 is 1.33 bits per heavy atom. The van der Waals surface area contributed by atoms with Crippen molar-refractivity contribution in [1.82, 2.24) is 15.1 Å². The molecule has 7 heteroatoms. The van der Waals surface area contributed by atoms with Gasteiger partial charge in [-0.1, -0.05) is 29.8 Å². The zero-order valence-corrected chi connectivity index (χ0v) is 17.4. The van der Waals surface area contributed by atoms with Crippen LogP contribution in [0.4, 0.5) is 0 Å². The van der Waals surface area contributed by atoms with Crippen molar-refractivity contribution in [2.24, 2.45) is 4.99 Å². The Labute approximate surface area is 166 Å². The number of likely N-dealkylation sites (tertiary alicyclic amines) is 1. The maximum Gasteiger partial charge on any atom is 0.244 e. The van der Waals surface area contributed by atoms with Crippen LogP contribution in [0, 0.1) is 0 Å². The normalized spacial score (nSPS) is 14.3. The highest BCUT2D eigenvalue weighted by Gasteiger charge is 2.18. The Morgan fingerprint density at radius 2 is 2.00 bits per heavy atom. The van der Waals surface area contributed by atoms with Crippen LogP contribution in [0.3, 0.4) is 0 Å². The fourth-order valence-corrected chi connectivity index (χ4v) is 2.83. The van der Waals surface area contributed by atoms with Crippen molar-refractivity contribution >= 4 is 47.4 Å². The number of carbonyl (C=O) groups excluding carboxylic acids is 1. The van der Waals surface area contributed by atoms with Crippen molar-refractivity contribution in [1.29, 1.82) is 0 Å². The van der Waals surface area contributed by atoms with Crippen LogP contribution in [-0.4, -0.2) is 54.9 Å². The predicted octanol–water partition coefficient (Wildman–Crippen LogP) is 2.98. The van der Waals surface area contributed by atoms with Crippen molar-refractivity contribution in [2.45, 2.75) is 26.3 Å². The van der Waals surface area contributed by atoms with Crippen LogP contribution in [0.1, 0.15) is 25.3 Å². The summed E-state index contributed by atoms with van der Waals surface area (Å²) in [5.41, 5.74) is 1.04. The lowest BCUT2D eigenvalue weighted by Crippen LogP contribution is -2.39. The van der Waals surface area contributed by atoms with E-state index in [1.54, 1.807) is 0 Å². The molecular formula is C17H26ClIN4O. The van der Waals surface area contributed by atoms with Gasteiger partial charge < -0.3 is 15.1 Å². The molecule has 134 valence electrons. The Hall–Kier alpha value is -1.02. The fraction of sp³-hybridized carbons (Fsp3) is 0.529. The summed E-state index contributed by atoms with van der Waals surface area (Å²) in [5.74, 6) is 0.823. The van der Waals surface area contributed by atoms with Crippen molar-refractivity contribution < 1.29 is 4.79 Å². The number of carbonyl (C=O) groups is 1. The van der Waals surface area contributed by atoms with E-state index < -0.39 is 0 Å². The number of aliphatic imine (C=N–C) groups is 1. The summed E-state index contributed by atoms with van der Waals surface area (Å²) in [6.45, 7) is 5.32. The smallest absolute Gasteiger partial charge is 0.244 e. The highest BCUT2D eigenvalue weighted by atomic mass is 127. The minimum atomic E-state index is 0. The van der Waals surface area contributed by atoms with Crippen LogP contribution in [0.2, 0.25) is 5.02 Å². The standard InChI is InChI=1S/C17H25ClN4O.HI/c1-3-19-17(20-12-16(23)22-10-6-7-11-22)21(2)13-14-8-4-5-9-15(14)18;/h4-5,8-9H,3,6-7,10-13H2,1-2H3,(H,19,20);1H. The van der Waals surface area contributed by atoms with E-state index in [1.165, 1.54) is 0 Å². The first-order valence-electron chi connectivity index (χ1n) is 8.12. The van der Waals surface area contributed by atoms with E-state index in [0.717, 1.165) is 49.0 Å². The third kappa shape index (κ3) is 6.12. The summed E-state index contributed by atoms with van der Waals surface area (Å²) < 4.78 is 0. The number of guanidine groups is 1. The highest BCUT2D eigenvalue weighted by Crippen LogP contribution is 2.16. The number of nitrogens with one attached hydrogen (secondary N) is 1. The molecular weight excluding hydrogens is 439 g/mol. The molecule has 1 amide bonds. The van der Waals surface area contributed by atoms with Gasteiger partial charge in [-0.15, -0.1) is 24.0 Å². The monoisotopic (exact) mass is 464 g/mol. The maximum absolute atomic E-state index is 12.1. The summed E-state index contributed by atoms with van der Waals surface area (Å²) in [4.78, 5) is 20.5. The molecule has 5 nitrogen and oxygen atoms in total. The predicted molar refractivity (Wildman–Crippen MR) is 110 cm³/mol. The zero-order chi connectivity index (χ0) is 16.7. The van der Waals surface area contributed by atoms with Crippen LogP contribution in [0.15, 0.2) is 29.3 Å². The lowest BCUT2D eigenvalue weighted by molar-refractivity contribution is -0.128. The molecule has 1 aromatic rings. The Kier molecular flexibility index (Phi) is 9.43. The molecule has 1 heterocycles. The Balaban J connectivity index is 0.00000288. The van der Waals surface area contributed by atoms with Gasteiger partial charge in [0.2, 0.25) is 5.91 Å². The van der Waals surface area contributed by atoms with E-state index >= 15 is 0 Å². The van der Waals surface area contributed by atoms with Crippen LogP contribution in [0.5, 0.6) is 0 Å². The maximum atomic E-state index is 12.1. The van der Waals surface area contributed by atoms with Gasteiger partial charge in [-0.2, -0.15) is 0 Å². The molecule has 0 bridgehead atoms. The van der Waals surface area contributed by atoms with Gasteiger partial charge in [-0.3, -0.25) is 4.79 Å². The third-order valence-electron chi connectivity index (χ3n) is 3.88. The largest absolute Gasteiger partial charge is 0.357 e. The summed E-state index contributed by atoms with van der Waals surface area (Å²) in [6, 6.07) is 7.76. The second-order valence-electron chi connectivity index (χ2n) is 5.71. The molecule has 0 radical (unpaired) electrons. The number of nitrogens with zero attached hydrogens (tertiary/aromatic N) is 3. The number of hydrogen-bond acceptors (Lipinski definition) is 2. The molecule has 0 spiro atoms. The average Bonchev–Trinajstić information content (AvgIpc) is 3.07. The molecule has 0 aliphatic carbocycles. The second-order valence-corrected chi connectivity index (χ2v) is 6.11. The summed E-state index contributed by atoms with van der Waals surface area (Å²) in [6.07, 6.45) is 2.20. The molecule has 0 saturated carbocycles. The van der Waals surface area contributed by atoms with Crippen molar-refractivity contribution in [3.8, 4) is 0 Å². The molecule has 1 aromatic carbocycles. The summed E-state index contributed by atoms with van der Waals surface area (Å²) in [7, 11) is 1.95. The first kappa shape index (κ1) is 21.0. The molecule has 0 atom stereocenters. The van der Waals surface area contributed by atoms with Crippen LogP contribution in [-0.2, 0) is 11.3 Å². The molecule has 1 saturated heterocycles. The SMILES string of the molecule is CCNC(=NCC(=O)N1CCCC1)N(C)Cc1ccccc1Cl.I. The van der Waals surface area contributed by atoms with Gasteiger partial charge in [-0.25, -0.2) is 4.99 Å². The molecule has 2 rings (SSSR count). The molecule has 1 aliphatic rings. The first-order chi connectivity index (χ1) is 11.1. The molecule has 1 N–H and O–H groups in total. The van der Waals surface area contributed by atoms with Crippen molar-refractivity contribution in [3.05, 3.63) is 34.9 Å². The highest BCUT2D eigenvalue weighted by molar-refractivity contribution is 14.0. The molecule has 1 aliphatic heterocycles.